The molecule has 118 valence electrons. The van der Waals surface area contributed by atoms with Crippen molar-refractivity contribution in [2.24, 2.45) is 17.8 Å². The Labute approximate surface area is 124 Å². The maximum Gasteiger partial charge on any atom is 0.150 e. The van der Waals surface area contributed by atoms with E-state index < -0.39 is 9.84 Å². The van der Waals surface area contributed by atoms with Crippen molar-refractivity contribution in [2.45, 2.75) is 63.0 Å². The SMILES string of the molecule is CNCC1CCCCCC1C1CCCC(S(C)(=O)=O)C1. The molecule has 0 aromatic carbocycles. The van der Waals surface area contributed by atoms with E-state index in [1.165, 1.54) is 44.8 Å². The highest BCUT2D eigenvalue weighted by atomic mass is 32.2. The Hall–Kier alpha value is -0.0900. The van der Waals surface area contributed by atoms with Gasteiger partial charge >= 0.3 is 0 Å². The zero-order chi connectivity index (χ0) is 14.6. The highest BCUT2D eigenvalue weighted by molar-refractivity contribution is 7.91. The van der Waals surface area contributed by atoms with Gasteiger partial charge in [0.2, 0.25) is 0 Å². The van der Waals surface area contributed by atoms with Crippen molar-refractivity contribution in [1.29, 1.82) is 0 Å². The lowest BCUT2D eigenvalue weighted by Crippen LogP contribution is -2.36. The van der Waals surface area contributed by atoms with Gasteiger partial charge in [0, 0.05) is 6.26 Å². The van der Waals surface area contributed by atoms with Crippen molar-refractivity contribution in [3.8, 4) is 0 Å². The molecule has 0 amide bonds. The summed E-state index contributed by atoms with van der Waals surface area (Å²) in [6.45, 7) is 1.10. The zero-order valence-electron chi connectivity index (χ0n) is 13.1. The van der Waals surface area contributed by atoms with Crippen LogP contribution in [0.4, 0.5) is 0 Å². The molecule has 0 aromatic rings. The third-order valence-electron chi connectivity index (χ3n) is 5.56. The molecule has 2 rings (SSSR count). The number of nitrogens with one attached hydrogen (secondary N) is 1. The quantitative estimate of drug-likeness (QED) is 0.812. The molecule has 0 radical (unpaired) electrons. The second kappa shape index (κ2) is 7.26. The van der Waals surface area contributed by atoms with Crippen LogP contribution >= 0.6 is 0 Å². The van der Waals surface area contributed by atoms with E-state index in [9.17, 15) is 8.42 Å². The maximum atomic E-state index is 11.9. The molecule has 0 spiro atoms. The van der Waals surface area contributed by atoms with Crippen LogP contribution < -0.4 is 5.32 Å². The molecular formula is C16H31NO2S. The molecule has 0 saturated heterocycles. The molecule has 2 aliphatic rings. The molecule has 2 fully saturated rings. The minimum absolute atomic E-state index is 0.0697. The Morgan fingerprint density at radius 3 is 2.45 bits per heavy atom. The lowest BCUT2D eigenvalue weighted by atomic mass is 9.72. The van der Waals surface area contributed by atoms with Crippen LogP contribution in [0.15, 0.2) is 0 Å². The molecule has 4 heteroatoms. The van der Waals surface area contributed by atoms with E-state index in [-0.39, 0.29) is 5.25 Å². The highest BCUT2D eigenvalue weighted by Gasteiger charge is 2.36. The summed E-state index contributed by atoms with van der Waals surface area (Å²) in [4.78, 5) is 0. The van der Waals surface area contributed by atoms with Crippen molar-refractivity contribution in [2.75, 3.05) is 19.8 Å². The van der Waals surface area contributed by atoms with Gasteiger partial charge in [0.15, 0.2) is 0 Å². The van der Waals surface area contributed by atoms with Gasteiger partial charge in [0.25, 0.3) is 0 Å². The second-order valence-corrected chi connectivity index (χ2v) is 9.32. The molecule has 3 nitrogen and oxygen atoms in total. The monoisotopic (exact) mass is 301 g/mol. The number of hydrogen-bond donors (Lipinski definition) is 1. The van der Waals surface area contributed by atoms with Crippen LogP contribution in [-0.2, 0) is 9.84 Å². The summed E-state index contributed by atoms with van der Waals surface area (Å²) in [5.41, 5.74) is 0. The van der Waals surface area contributed by atoms with E-state index in [0.29, 0.717) is 5.92 Å². The third kappa shape index (κ3) is 4.20. The average Bonchev–Trinajstić information content (AvgIpc) is 2.64. The predicted octanol–water partition coefficient (Wildman–Crippen LogP) is 3.01. The van der Waals surface area contributed by atoms with E-state index in [1.807, 2.05) is 7.05 Å². The number of hydrogen-bond acceptors (Lipinski definition) is 3. The fourth-order valence-electron chi connectivity index (χ4n) is 4.51. The first kappa shape index (κ1) is 16.3. The first-order valence-corrected chi connectivity index (χ1v) is 10.3. The third-order valence-corrected chi connectivity index (χ3v) is 7.20. The van der Waals surface area contributed by atoms with Crippen LogP contribution in [0.1, 0.15) is 57.8 Å². The van der Waals surface area contributed by atoms with Crippen LogP contribution in [0.3, 0.4) is 0 Å². The van der Waals surface area contributed by atoms with Crippen molar-refractivity contribution >= 4 is 9.84 Å². The molecular weight excluding hydrogens is 270 g/mol. The van der Waals surface area contributed by atoms with Gasteiger partial charge in [-0.15, -0.1) is 0 Å². The van der Waals surface area contributed by atoms with Crippen LogP contribution in [0.2, 0.25) is 0 Å². The van der Waals surface area contributed by atoms with Gasteiger partial charge in [-0.2, -0.15) is 0 Å². The Morgan fingerprint density at radius 2 is 1.75 bits per heavy atom. The van der Waals surface area contributed by atoms with Crippen molar-refractivity contribution < 1.29 is 8.42 Å². The molecule has 0 heterocycles. The highest BCUT2D eigenvalue weighted by Crippen LogP contribution is 2.41. The summed E-state index contributed by atoms with van der Waals surface area (Å²) in [5, 5.41) is 3.29. The minimum atomic E-state index is -2.85. The zero-order valence-corrected chi connectivity index (χ0v) is 13.9. The fourth-order valence-corrected chi connectivity index (χ4v) is 5.70. The van der Waals surface area contributed by atoms with Crippen molar-refractivity contribution in [3.05, 3.63) is 0 Å². The largest absolute Gasteiger partial charge is 0.319 e. The van der Waals surface area contributed by atoms with Gasteiger partial charge in [-0.1, -0.05) is 32.1 Å². The molecule has 0 aromatic heterocycles. The summed E-state index contributed by atoms with van der Waals surface area (Å²) < 4.78 is 23.8. The van der Waals surface area contributed by atoms with E-state index >= 15 is 0 Å². The van der Waals surface area contributed by atoms with E-state index in [4.69, 9.17) is 0 Å². The summed E-state index contributed by atoms with van der Waals surface area (Å²) >= 11 is 0. The van der Waals surface area contributed by atoms with E-state index in [2.05, 4.69) is 5.32 Å². The Morgan fingerprint density at radius 1 is 1.00 bits per heavy atom. The van der Waals surface area contributed by atoms with Crippen LogP contribution in [0, 0.1) is 17.8 Å². The minimum Gasteiger partial charge on any atom is -0.319 e. The van der Waals surface area contributed by atoms with Crippen LogP contribution in [0.25, 0.3) is 0 Å². The topological polar surface area (TPSA) is 46.2 Å². The predicted molar refractivity (Wildman–Crippen MR) is 84.6 cm³/mol. The van der Waals surface area contributed by atoms with Gasteiger partial charge in [-0.05, 0) is 57.0 Å². The number of rotatable bonds is 4. The first-order chi connectivity index (χ1) is 9.52. The molecule has 2 saturated carbocycles. The molecule has 0 aliphatic heterocycles. The maximum absolute atomic E-state index is 11.9. The van der Waals surface area contributed by atoms with E-state index in [0.717, 1.165) is 37.6 Å². The van der Waals surface area contributed by atoms with Gasteiger partial charge in [0.1, 0.15) is 9.84 Å². The normalized spacial score (nSPS) is 36.5. The molecule has 4 unspecified atom stereocenters. The summed E-state index contributed by atoms with van der Waals surface area (Å²) in [6, 6.07) is 0. The van der Waals surface area contributed by atoms with E-state index in [1.54, 1.807) is 0 Å². The van der Waals surface area contributed by atoms with Gasteiger partial charge in [-0.3, -0.25) is 0 Å². The van der Waals surface area contributed by atoms with Gasteiger partial charge < -0.3 is 5.32 Å². The summed E-state index contributed by atoms with van der Waals surface area (Å²) in [7, 11) is -0.808. The lowest BCUT2D eigenvalue weighted by molar-refractivity contribution is 0.167. The molecule has 1 N–H and O–H groups in total. The fraction of sp³-hybridized carbons (Fsp3) is 1.00. The smallest absolute Gasteiger partial charge is 0.150 e. The second-order valence-electron chi connectivity index (χ2n) is 7.00. The van der Waals surface area contributed by atoms with Crippen molar-refractivity contribution in [1.82, 2.24) is 5.32 Å². The van der Waals surface area contributed by atoms with Gasteiger partial charge in [0.05, 0.1) is 5.25 Å². The lowest BCUT2D eigenvalue weighted by Gasteiger charge is -2.37. The Balaban J connectivity index is 2.06. The van der Waals surface area contributed by atoms with Crippen LogP contribution in [-0.4, -0.2) is 33.5 Å². The molecule has 20 heavy (non-hydrogen) atoms. The van der Waals surface area contributed by atoms with Crippen molar-refractivity contribution in [3.63, 3.8) is 0 Å². The Bertz CT molecular complexity index is 393. The molecule has 0 bridgehead atoms. The first-order valence-electron chi connectivity index (χ1n) is 8.36. The van der Waals surface area contributed by atoms with Gasteiger partial charge in [-0.25, -0.2) is 8.42 Å². The number of sulfone groups is 1. The summed E-state index contributed by atoms with van der Waals surface area (Å²) in [5.74, 6) is 2.14. The average molecular weight is 301 g/mol. The summed E-state index contributed by atoms with van der Waals surface area (Å²) in [6.07, 6.45) is 12.3. The Kier molecular flexibility index (Phi) is 5.91. The molecule has 4 atom stereocenters. The standard InChI is InChI=1S/C16H31NO2S/c1-17-12-14-7-4-3-5-10-16(14)13-8-6-9-15(11-13)20(2,18)19/h13-17H,3-12H2,1-2H3. The molecule has 2 aliphatic carbocycles. The van der Waals surface area contributed by atoms with Crippen LogP contribution in [0.5, 0.6) is 0 Å².